The van der Waals surface area contributed by atoms with Crippen molar-refractivity contribution in [2.75, 3.05) is 0 Å². The highest BCUT2D eigenvalue weighted by molar-refractivity contribution is 5.86. The van der Waals surface area contributed by atoms with Crippen LogP contribution < -0.4 is 0 Å². The third-order valence-electron chi connectivity index (χ3n) is 4.31. The van der Waals surface area contributed by atoms with E-state index in [0.717, 1.165) is 34.5 Å². The largest absolute Gasteiger partial charge is 0.293 e. The topological polar surface area (TPSA) is 29.6 Å². The fourth-order valence-electron chi connectivity index (χ4n) is 3.13. The molecule has 0 atom stereocenters. The molecule has 4 aromatic rings. The summed E-state index contributed by atoms with van der Waals surface area (Å²) in [6, 6.07) is 28.5. The maximum atomic E-state index is 4.55. The Morgan fingerprint density at radius 2 is 1.54 bits per heavy atom. The normalized spacial score (nSPS) is 11.2. The minimum atomic E-state index is 0.804. The van der Waals surface area contributed by atoms with Crippen molar-refractivity contribution in [2.24, 2.45) is 10.2 Å². The van der Waals surface area contributed by atoms with Gasteiger partial charge in [-0.15, -0.1) is 16.8 Å². The first kappa shape index (κ1) is 16.0. The number of fused-ring (bicyclic) bond motifs is 1. The van der Waals surface area contributed by atoms with Crippen LogP contribution in [0.15, 0.2) is 108 Å². The minimum Gasteiger partial charge on any atom is -0.293 e. The van der Waals surface area contributed by atoms with E-state index in [2.05, 4.69) is 63.8 Å². The molecule has 0 saturated carbocycles. The van der Waals surface area contributed by atoms with E-state index in [1.165, 1.54) is 5.56 Å². The van der Waals surface area contributed by atoms with Gasteiger partial charge < -0.3 is 0 Å². The van der Waals surface area contributed by atoms with Gasteiger partial charge in [0.2, 0.25) is 0 Å². The number of benzene rings is 3. The van der Waals surface area contributed by atoms with Crippen LogP contribution in [0.4, 0.5) is 11.5 Å². The van der Waals surface area contributed by atoms with Crippen LogP contribution in [0.2, 0.25) is 0 Å². The molecule has 0 fully saturated rings. The first-order chi connectivity index (χ1) is 12.9. The number of aromatic nitrogens is 1. The van der Waals surface area contributed by atoms with Gasteiger partial charge in [0.15, 0.2) is 5.82 Å². The lowest BCUT2D eigenvalue weighted by Crippen LogP contribution is -1.98. The number of hydrogen-bond donors (Lipinski definition) is 0. The van der Waals surface area contributed by atoms with Gasteiger partial charge in [0.1, 0.15) is 0 Å². The lowest BCUT2D eigenvalue weighted by Gasteiger charge is -2.12. The first-order valence-corrected chi connectivity index (χ1v) is 8.63. The van der Waals surface area contributed by atoms with Gasteiger partial charge in [0.05, 0.1) is 16.9 Å². The standard InChI is InChI=1S/C23H19N3/c1-2-10-18-11-6-8-15-21(18)26-22-16-9-7-12-19(22)17-23(26)25-24-20-13-4-3-5-14-20/h2-9,11-17H,1,10H2. The Hall–Kier alpha value is -3.46. The zero-order valence-corrected chi connectivity index (χ0v) is 14.4. The molecule has 126 valence electrons. The second-order valence-corrected chi connectivity index (χ2v) is 6.05. The van der Waals surface area contributed by atoms with Gasteiger partial charge in [-0.05, 0) is 42.3 Å². The minimum absolute atomic E-state index is 0.804. The number of allylic oxidation sites excluding steroid dienone is 1. The van der Waals surface area contributed by atoms with Crippen molar-refractivity contribution in [1.29, 1.82) is 0 Å². The monoisotopic (exact) mass is 337 g/mol. The summed E-state index contributed by atoms with van der Waals surface area (Å²) in [7, 11) is 0. The van der Waals surface area contributed by atoms with Crippen LogP contribution in [0.3, 0.4) is 0 Å². The van der Waals surface area contributed by atoms with E-state index in [1.807, 2.05) is 48.5 Å². The molecule has 0 amide bonds. The molecule has 3 nitrogen and oxygen atoms in total. The summed E-state index contributed by atoms with van der Waals surface area (Å²) in [5.41, 5.74) is 4.27. The molecule has 0 bridgehead atoms. The van der Waals surface area contributed by atoms with Gasteiger partial charge in [-0.3, -0.25) is 4.57 Å². The van der Waals surface area contributed by atoms with Crippen LogP contribution >= 0.6 is 0 Å². The number of hydrogen-bond acceptors (Lipinski definition) is 2. The Bertz CT molecular complexity index is 1080. The number of para-hydroxylation sites is 2. The van der Waals surface area contributed by atoms with Gasteiger partial charge in [0, 0.05) is 5.39 Å². The maximum Gasteiger partial charge on any atom is 0.160 e. The van der Waals surface area contributed by atoms with Crippen LogP contribution in [0.25, 0.3) is 16.6 Å². The summed E-state index contributed by atoms with van der Waals surface area (Å²) in [6.45, 7) is 3.89. The maximum absolute atomic E-state index is 4.55. The molecule has 26 heavy (non-hydrogen) atoms. The molecule has 0 aliphatic carbocycles. The average molecular weight is 337 g/mol. The number of azo groups is 1. The molecule has 3 aromatic carbocycles. The van der Waals surface area contributed by atoms with Gasteiger partial charge in [-0.25, -0.2) is 0 Å². The Labute approximate surface area is 152 Å². The molecule has 1 aromatic heterocycles. The summed E-state index contributed by atoms with van der Waals surface area (Å²) in [6.07, 6.45) is 2.73. The Morgan fingerprint density at radius 3 is 2.38 bits per heavy atom. The molecule has 0 aliphatic rings. The van der Waals surface area contributed by atoms with Crippen molar-refractivity contribution < 1.29 is 0 Å². The molecule has 0 radical (unpaired) electrons. The van der Waals surface area contributed by atoms with Crippen LogP contribution in [0.5, 0.6) is 0 Å². The molecule has 1 heterocycles. The SMILES string of the molecule is C=CCc1ccccc1-n1c(N=Nc2ccccc2)cc2ccccc21. The van der Waals surface area contributed by atoms with Gasteiger partial charge >= 0.3 is 0 Å². The number of nitrogens with zero attached hydrogens (tertiary/aromatic N) is 3. The fourth-order valence-corrected chi connectivity index (χ4v) is 3.13. The van der Waals surface area contributed by atoms with E-state index < -0.39 is 0 Å². The molecular formula is C23H19N3. The summed E-state index contributed by atoms with van der Waals surface area (Å²) < 4.78 is 2.17. The second-order valence-electron chi connectivity index (χ2n) is 6.05. The van der Waals surface area contributed by atoms with E-state index >= 15 is 0 Å². The van der Waals surface area contributed by atoms with E-state index in [1.54, 1.807) is 0 Å². The summed E-state index contributed by atoms with van der Waals surface area (Å²) in [5.74, 6) is 0.812. The van der Waals surface area contributed by atoms with E-state index in [4.69, 9.17) is 0 Å². The first-order valence-electron chi connectivity index (χ1n) is 8.63. The molecule has 0 unspecified atom stereocenters. The third-order valence-corrected chi connectivity index (χ3v) is 4.31. The number of rotatable bonds is 5. The molecule has 0 saturated heterocycles. The van der Waals surface area contributed by atoms with Crippen molar-refractivity contribution in [3.63, 3.8) is 0 Å². The van der Waals surface area contributed by atoms with Gasteiger partial charge in [-0.1, -0.05) is 60.7 Å². The smallest absolute Gasteiger partial charge is 0.160 e. The van der Waals surface area contributed by atoms with E-state index in [-0.39, 0.29) is 0 Å². The van der Waals surface area contributed by atoms with E-state index in [0.29, 0.717) is 0 Å². The van der Waals surface area contributed by atoms with Crippen molar-refractivity contribution >= 4 is 22.4 Å². The molecule has 4 rings (SSSR count). The van der Waals surface area contributed by atoms with Crippen LogP contribution in [-0.4, -0.2) is 4.57 Å². The summed E-state index contributed by atoms with van der Waals surface area (Å²) in [4.78, 5) is 0. The van der Waals surface area contributed by atoms with Gasteiger partial charge in [0.25, 0.3) is 0 Å². The molecule has 0 aliphatic heterocycles. The van der Waals surface area contributed by atoms with Crippen LogP contribution in [-0.2, 0) is 6.42 Å². The van der Waals surface area contributed by atoms with Crippen LogP contribution in [0, 0.1) is 0 Å². The Kier molecular flexibility index (Phi) is 4.44. The lowest BCUT2D eigenvalue weighted by molar-refractivity contribution is 1.04. The fraction of sp³-hybridized carbons (Fsp3) is 0.0435. The second kappa shape index (κ2) is 7.19. The average Bonchev–Trinajstić information content (AvgIpc) is 3.06. The third kappa shape index (κ3) is 3.07. The molecule has 0 spiro atoms. The zero-order valence-electron chi connectivity index (χ0n) is 14.4. The van der Waals surface area contributed by atoms with Crippen LogP contribution in [0.1, 0.15) is 5.56 Å². The summed E-state index contributed by atoms with van der Waals surface area (Å²) in [5, 5.41) is 10.1. The quantitative estimate of drug-likeness (QED) is 0.284. The van der Waals surface area contributed by atoms with Crippen molar-refractivity contribution in [1.82, 2.24) is 4.57 Å². The molecule has 0 N–H and O–H groups in total. The zero-order chi connectivity index (χ0) is 17.8. The van der Waals surface area contributed by atoms with Crippen molar-refractivity contribution in [3.8, 4) is 5.69 Å². The lowest BCUT2D eigenvalue weighted by atomic mass is 10.1. The summed E-state index contributed by atoms with van der Waals surface area (Å²) >= 11 is 0. The van der Waals surface area contributed by atoms with Crippen molar-refractivity contribution in [3.05, 3.63) is 103 Å². The van der Waals surface area contributed by atoms with Crippen molar-refractivity contribution in [2.45, 2.75) is 6.42 Å². The predicted molar refractivity (Wildman–Crippen MR) is 108 cm³/mol. The highest BCUT2D eigenvalue weighted by Gasteiger charge is 2.12. The predicted octanol–water partition coefficient (Wildman–Crippen LogP) is 6.77. The highest BCUT2D eigenvalue weighted by Crippen LogP contribution is 2.32. The Balaban J connectivity index is 1.91. The highest BCUT2D eigenvalue weighted by atomic mass is 15.2. The molecular weight excluding hydrogens is 318 g/mol. The van der Waals surface area contributed by atoms with E-state index in [9.17, 15) is 0 Å². The Morgan fingerprint density at radius 1 is 0.808 bits per heavy atom. The van der Waals surface area contributed by atoms with Gasteiger partial charge in [-0.2, -0.15) is 0 Å². The molecule has 3 heteroatoms.